The van der Waals surface area contributed by atoms with Crippen LogP contribution in [0.3, 0.4) is 0 Å². The van der Waals surface area contributed by atoms with Crippen molar-refractivity contribution in [3.8, 4) is 11.1 Å². The lowest BCUT2D eigenvalue weighted by Gasteiger charge is -2.12. The Morgan fingerprint density at radius 1 is 0.696 bits per heavy atom. The summed E-state index contributed by atoms with van der Waals surface area (Å²) in [5.41, 5.74) is -0.570. The Kier molecular flexibility index (Phi) is 1.40. The van der Waals surface area contributed by atoms with Crippen LogP contribution >= 0.6 is 0 Å². The zero-order chi connectivity index (χ0) is 27.1. The van der Waals surface area contributed by atoms with Crippen LogP contribution in [0.15, 0.2) is 78.6 Å². The molecule has 4 aromatic rings. The topological polar surface area (TPSA) is 0 Å². The molecule has 0 unspecified atom stereocenters. The number of hydrogen-bond donors (Lipinski definition) is 0. The van der Waals surface area contributed by atoms with Crippen molar-refractivity contribution >= 4 is 21.5 Å². The van der Waals surface area contributed by atoms with Crippen LogP contribution in [0, 0.1) is 0 Å². The standard InChI is InChI=1S/C23H20/c1-16(2)17-11-13-18(14-12-17)23-15-19-7-3-4-8-20(19)21-9-5-6-10-22(21)23/h3-16H,1-2H3/i3D,4D,5D,6D,7D,8D,9D,10D,11D,12D,13D,14D,15D. The summed E-state index contributed by atoms with van der Waals surface area (Å²) in [5.74, 6) is -0.361. The van der Waals surface area contributed by atoms with Crippen molar-refractivity contribution < 1.29 is 17.8 Å². The zero-order valence-corrected chi connectivity index (χ0v) is 12.6. The molecule has 0 amide bonds. The molecule has 0 bridgehead atoms. The predicted molar refractivity (Wildman–Crippen MR) is 101 cm³/mol. The van der Waals surface area contributed by atoms with Crippen molar-refractivity contribution in [1.29, 1.82) is 0 Å². The molecule has 0 fully saturated rings. The molecule has 0 saturated carbocycles. The maximum Gasteiger partial charge on any atom is 0.0636 e. The van der Waals surface area contributed by atoms with Gasteiger partial charge in [0.2, 0.25) is 0 Å². The van der Waals surface area contributed by atoms with E-state index in [2.05, 4.69) is 0 Å². The first-order valence-corrected chi connectivity index (χ1v) is 7.19. The highest BCUT2D eigenvalue weighted by atomic mass is 14.1. The highest BCUT2D eigenvalue weighted by Gasteiger charge is 2.08. The molecule has 0 aliphatic carbocycles. The Hall–Kier alpha value is -2.60. The first-order chi connectivity index (χ1) is 16.7. The first-order valence-electron chi connectivity index (χ1n) is 13.7. The Labute approximate surface area is 155 Å². The molecular formula is C23H20. The van der Waals surface area contributed by atoms with Gasteiger partial charge in [-0.3, -0.25) is 0 Å². The van der Waals surface area contributed by atoms with Gasteiger partial charge in [-0.15, -0.1) is 0 Å². The second-order valence-electron chi connectivity index (χ2n) is 5.44. The maximum absolute atomic E-state index is 8.94. The second kappa shape index (κ2) is 5.55. The van der Waals surface area contributed by atoms with Gasteiger partial charge in [0, 0.05) is 0 Å². The summed E-state index contributed by atoms with van der Waals surface area (Å²) >= 11 is 0. The molecule has 0 heterocycles. The molecule has 4 rings (SSSR count). The number of rotatable bonds is 2. The van der Waals surface area contributed by atoms with Gasteiger partial charge in [0.25, 0.3) is 0 Å². The third-order valence-electron chi connectivity index (χ3n) is 3.60. The average molecular weight is 309 g/mol. The van der Waals surface area contributed by atoms with E-state index < -0.39 is 66.5 Å². The molecule has 0 atom stereocenters. The molecule has 112 valence electrons. The van der Waals surface area contributed by atoms with E-state index in [0.29, 0.717) is 0 Å². The predicted octanol–water partition coefficient (Wildman–Crippen LogP) is 6.78. The van der Waals surface area contributed by atoms with Crippen molar-refractivity contribution in [2.75, 3.05) is 0 Å². The van der Waals surface area contributed by atoms with E-state index in [0.717, 1.165) is 0 Å². The maximum atomic E-state index is 8.94. The van der Waals surface area contributed by atoms with Gasteiger partial charge in [-0.05, 0) is 50.2 Å². The first kappa shape index (κ1) is 5.79. The minimum absolute atomic E-state index is 0.147. The molecule has 0 spiro atoms. The van der Waals surface area contributed by atoms with Gasteiger partial charge in [0.1, 0.15) is 0 Å². The number of fused-ring (bicyclic) bond motifs is 3. The Bertz CT molecular complexity index is 1610. The summed E-state index contributed by atoms with van der Waals surface area (Å²) in [5, 5.41) is -1.19. The minimum Gasteiger partial charge on any atom is -0.0616 e. The summed E-state index contributed by atoms with van der Waals surface area (Å²) in [4.78, 5) is 0. The smallest absolute Gasteiger partial charge is 0.0616 e. The van der Waals surface area contributed by atoms with Crippen LogP contribution in [0.5, 0.6) is 0 Å². The van der Waals surface area contributed by atoms with E-state index in [9.17, 15) is 0 Å². The summed E-state index contributed by atoms with van der Waals surface area (Å²) < 4.78 is 110. The minimum atomic E-state index is -0.664. The Balaban J connectivity index is 2.48. The van der Waals surface area contributed by atoms with Crippen molar-refractivity contribution in [2.24, 2.45) is 0 Å². The largest absolute Gasteiger partial charge is 0.0636 e. The van der Waals surface area contributed by atoms with Gasteiger partial charge in [0.15, 0.2) is 0 Å². The van der Waals surface area contributed by atoms with Crippen LogP contribution in [-0.2, 0) is 0 Å². The molecule has 0 N–H and O–H groups in total. The van der Waals surface area contributed by atoms with Gasteiger partial charge in [-0.2, -0.15) is 0 Å². The highest BCUT2D eigenvalue weighted by Crippen LogP contribution is 2.35. The lowest BCUT2D eigenvalue weighted by atomic mass is 9.92. The quantitative estimate of drug-likeness (QED) is 0.358. The molecule has 4 aromatic carbocycles. The van der Waals surface area contributed by atoms with Gasteiger partial charge in [-0.25, -0.2) is 0 Å². The molecule has 0 aliphatic heterocycles. The van der Waals surface area contributed by atoms with Crippen LogP contribution in [0.1, 0.15) is 43.1 Å². The highest BCUT2D eigenvalue weighted by molar-refractivity contribution is 6.13. The molecule has 0 radical (unpaired) electrons. The summed E-state index contributed by atoms with van der Waals surface area (Å²) in [6.07, 6.45) is 0. The summed E-state index contributed by atoms with van der Waals surface area (Å²) in [6, 6.07) is -7.34. The Morgan fingerprint density at radius 3 is 2.00 bits per heavy atom. The summed E-state index contributed by atoms with van der Waals surface area (Å²) in [6.45, 7) is 3.41. The van der Waals surface area contributed by atoms with Crippen LogP contribution in [0.2, 0.25) is 0 Å². The van der Waals surface area contributed by atoms with E-state index in [4.69, 9.17) is 17.8 Å². The van der Waals surface area contributed by atoms with Gasteiger partial charge in [0.05, 0.1) is 17.8 Å². The fourth-order valence-electron chi connectivity index (χ4n) is 2.39. The van der Waals surface area contributed by atoms with Crippen LogP contribution < -0.4 is 0 Å². The van der Waals surface area contributed by atoms with E-state index in [1.165, 1.54) is 0 Å². The fraction of sp³-hybridized carbons (Fsp3) is 0.130. The van der Waals surface area contributed by atoms with E-state index >= 15 is 0 Å². The second-order valence-corrected chi connectivity index (χ2v) is 5.44. The van der Waals surface area contributed by atoms with E-state index in [1.54, 1.807) is 13.8 Å². The van der Waals surface area contributed by atoms with Crippen LogP contribution in [0.4, 0.5) is 0 Å². The van der Waals surface area contributed by atoms with Crippen molar-refractivity contribution in [3.63, 3.8) is 0 Å². The third-order valence-corrected chi connectivity index (χ3v) is 3.60. The molecule has 0 nitrogen and oxygen atoms in total. The van der Waals surface area contributed by atoms with Gasteiger partial charge in [-0.1, -0.05) is 86.4 Å². The van der Waals surface area contributed by atoms with Gasteiger partial charge < -0.3 is 0 Å². The zero-order valence-electron chi connectivity index (χ0n) is 25.6. The van der Waals surface area contributed by atoms with Crippen LogP contribution in [0.25, 0.3) is 32.7 Å². The molecule has 0 saturated heterocycles. The molecular weight excluding hydrogens is 276 g/mol. The number of hydrogen-bond acceptors (Lipinski definition) is 0. The lowest BCUT2D eigenvalue weighted by molar-refractivity contribution is 0.867. The molecule has 0 aromatic heterocycles. The molecule has 23 heavy (non-hydrogen) atoms. The van der Waals surface area contributed by atoms with Gasteiger partial charge >= 0.3 is 0 Å². The summed E-state index contributed by atoms with van der Waals surface area (Å²) in [7, 11) is 0. The molecule has 0 heteroatoms. The van der Waals surface area contributed by atoms with Crippen molar-refractivity contribution in [3.05, 3.63) is 84.1 Å². The Morgan fingerprint density at radius 2 is 1.30 bits per heavy atom. The third kappa shape index (κ3) is 2.41. The van der Waals surface area contributed by atoms with E-state index in [-0.39, 0.29) is 56.2 Å². The van der Waals surface area contributed by atoms with E-state index in [1.807, 2.05) is 0 Å². The monoisotopic (exact) mass is 309 g/mol. The fourth-order valence-corrected chi connectivity index (χ4v) is 2.39. The lowest BCUT2D eigenvalue weighted by Crippen LogP contribution is -1.88. The SMILES string of the molecule is [2H]c1c([2H])c(C(C)C)c([2H])c([2H])c1-c1c([2H])c2c([2H])c([2H])c([2H])c([2H])c2c2c([2H])c([2H])c([2H])c([2H])c12. The molecule has 0 aliphatic rings. The van der Waals surface area contributed by atoms with Crippen molar-refractivity contribution in [1.82, 2.24) is 0 Å². The average Bonchev–Trinajstić information content (AvgIpc) is 2.82. The van der Waals surface area contributed by atoms with Crippen LogP contribution in [-0.4, -0.2) is 0 Å². The number of benzene rings is 4. The normalized spacial score (nSPS) is 19.3. The van der Waals surface area contributed by atoms with Crippen molar-refractivity contribution in [2.45, 2.75) is 19.8 Å².